The van der Waals surface area contributed by atoms with E-state index in [0.717, 1.165) is 25.0 Å². The number of hydrogen-bond acceptors (Lipinski definition) is 5. The predicted octanol–water partition coefficient (Wildman–Crippen LogP) is 3.26. The highest BCUT2D eigenvalue weighted by molar-refractivity contribution is 7.99. The fourth-order valence-corrected chi connectivity index (χ4v) is 3.14. The number of nitrogens with zero attached hydrogens (tertiary/aromatic N) is 1. The van der Waals surface area contributed by atoms with Crippen LogP contribution in [0.5, 0.6) is 0 Å². The molecule has 0 aliphatic carbocycles. The van der Waals surface area contributed by atoms with Crippen molar-refractivity contribution in [2.45, 2.75) is 44.9 Å². The molecule has 112 valence electrons. The molecular weight excluding hydrogens is 282 g/mol. The summed E-state index contributed by atoms with van der Waals surface area (Å²) in [5.74, 6) is 2.93. The number of unbranched alkanes of at least 4 members (excludes halogenated alkanes) is 5. The Morgan fingerprint density at radius 2 is 1.68 bits per heavy atom. The average Bonchev–Trinajstić information content (AvgIpc) is 2.43. The van der Waals surface area contributed by atoms with Crippen LogP contribution in [0, 0.1) is 11.5 Å². The molecule has 0 saturated heterocycles. The van der Waals surface area contributed by atoms with Gasteiger partial charge in [0.1, 0.15) is 6.61 Å². The largest absolute Gasteiger partial charge is 0.427 e. The van der Waals surface area contributed by atoms with E-state index in [-0.39, 0.29) is 0 Å². The van der Waals surface area contributed by atoms with Crippen molar-refractivity contribution in [3.63, 3.8) is 0 Å². The SMILES string of the molecule is COS(=O)CCCCCCCCSCCCOC#N. The molecule has 0 fully saturated rings. The Morgan fingerprint density at radius 1 is 1.05 bits per heavy atom. The summed E-state index contributed by atoms with van der Waals surface area (Å²) in [7, 11) is 1.49. The van der Waals surface area contributed by atoms with Crippen LogP contribution < -0.4 is 0 Å². The fourth-order valence-electron chi connectivity index (χ4n) is 1.60. The molecule has 0 radical (unpaired) electrons. The number of hydrogen-bond donors (Lipinski definition) is 0. The Labute approximate surface area is 123 Å². The Kier molecular flexibility index (Phi) is 15.6. The van der Waals surface area contributed by atoms with Crippen LogP contribution >= 0.6 is 11.8 Å². The predicted molar refractivity (Wildman–Crippen MR) is 81.2 cm³/mol. The molecule has 0 heterocycles. The summed E-state index contributed by atoms with van der Waals surface area (Å²) in [6, 6.07) is 0. The summed E-state index contributed by atoms with van der Waals surface area (Å²) < 4.78 is 20.3. The maximum absolute atomic E-state index is 11.0. The molecule has 0 aromatic heterocycles. The molecule has 0 saturated carbocycles. The normalized spacial score (nSPS) is 12.0. The van der Waals surface area contributed by atoms with Gasteiger partial charge in [0.15, 0.2) is 11.1 Å². The summed E-state index contributed by atoms with van der Waals surface area (Å²) >= 11 is 0.857. The third kappa shape index (κ3) is 15.7. The maximum atomic E-state index is 11.0. The first kappa shape index (κ1) is 18.8. The standard InChI is InChI=1S/C13H25NO3S2/c1-16-19(15)12-7-5-3-2-4-6-10-18-11-8-9-17-13-14/h2-12H2,1H3. The zero-order valence-electron chi connectivity index (χ0n) is 11.8. The number of rotatable bonds is 14. The minimum Gasteiger partial charge on any atom is -0.427 e. The topological polar surface area (TPSA) is 59.3 Å². The molecule has 0 rings (SSSR count). The molecule has 0 amide bonds. The van der Waals surface area contributed by atoms with Crippen LogP contribution in [0.2, 0.25) is 0 Å². The molecule has 0 bridgehead atoms. The highest BCUT2D eigenvalue weighted by Crippen LogP contribution is 2.10. The van der Waals surface area contributed by atoms with Gasteiger partial charge in [0, 0.05) is 5.75 Å². The molecule has 0 aliphatic rings. The summed E-state index contributed by atoms with van der Waals surface area (Å²) in [6.07, 6.45) is 9.79. The summed E-state index contributed by atoms with van der Waals surface area (Å²) in [5, 5.41) is 8.17. The summed E-state index contributed by atoms with van der Waals surface area (Å²) in [5.41, 5.74) is 0. The van der Waals surface area contributed by atoms with Crippen molar-refractivity contribution in [2.24, 2.45) is 0 Å². The number of nitriles is 1. The molecule has 1 unspecified atom stereocenters. The second-order valence-electron chi connectivity index (χ2n) is 4.20. The van der Waals surface area contributed by atoms with E-state index >= 15 is 0 Å². The molecule has 0 N–H and O–H groups in total. The first-order valence-corrected chi connectivity index (χ1v) is 9.22. The molecule has 19 heavy (non-hydrogen) atoms. The van der Waals surface area contributed by atoms with Crippen LogP contribution in [-0.4, -0.2) is 35.2 Å². The van der Waals surface area contributed by atoms with E-state index in [9.17, 15) is 4.21 Å². The van der Waals surface area contributed by atoms with E-state index in [1.807, 2.05) is 11.8 Å². The van der Waals surface area contributed by atoms with E-state index in [1.54, 1.807) is 6.26 Å². The Hall–Kier alpha value is -0.250. The monoisotopic (exact) mass is 307 g/mol. The zero-order valence-corrected chi connectivity index (χ0v) is 13.4. The molecule has 4 nitrogen and oxygen atoms in total. The Morgan fingerprint density at radius 3 is 2.37 bits per heavy atom. The van der Waals surface area contributed by atoms with E-state index < -0.39 is 11.1 Å². The maximum Gasteiger partial charge on any atom is 0.286 e. The zero-order chi connectivity index (χ0) is 14.2. The van der Waals surface area contributed by atoms with Gasteiger partial charge in [0.05, 0.1) is 7.11 Å². The number of thioether (sulfide) groups is 1. The van der Waals surface area contributed by atoms with E-state index in [0.29, 0.717) is 12.4 Å². The fraction of sp³-hybridized carbons (Fsp3) is 0.923. The van der Waals surface area contributed by atoms with Crippen LogP contribution in [0.15, 0.2) is 0 Å². The lowest BCUT2D eigenvalue weighted by Crippen LogP contribution is -1.98. The molecule has 6 heteroatoms. The lowest BCUT2D eigenvalue weighted by atomic mass is 10.1. The van der Waals surface area contributed by atoms with Gasteiger partial charge in [-0.3, -0.25) is 4.18 Å². The van der Waals surface area contributed by atoms with Crippen molar-refractivity contribution < 1.29 is 13.1 Å². The van der Waals surface area contributed by atoms with Gasteiger partial charge >= 0.3 is 0 Å². The van der Waals surface area contributed by atoms with Crippen molar-refractivity contribution in [3.05, 3.63) is 0 Å². The van der Waals surface area contributed by atoms with Gasteiger partial charge < -0.3 is 4.74 Å². The van der Waals surface area contributed by atoms with Crippen molar-refractivity contribution >= 4 is 22.8 Å². The van der Waals surface area contributed by atoms with Crippen molar-refractivity contribution in [1.29, 1.82) is 5.26 Å². The van der Waals surface area contributed by atoms with Crippen LogP contribution in [0.3, 0.4) is 0 Å². The second-order valence-corrected chi connectivity index (χ2v) is 6.78. The minimum absolute atomic E-state index is 0.548. The summed E-state index contributed by atoms with van der Waals surface area (Å²) in [6.45, 7) is 0.548. The van der Waals surface area contributed by atoms with Gasteiger partial charge in [-0.25, -0.2) is 4.21 Å². The molecule has 0 aliphatic heterocycles. The second kappa shape index (κ2) is 15.8. The van der Waals surface area contributed by atoms with Crippen molar-refractivity contribution in [3.8, 4) is 6.26 Å². The van der Waals surface area contributed by atoms with Gasteiger partial charge in [0.25, 0.3) is 6.26 Å². The lowest BCUT2D eigenvalue weighted by molar-refractivity contribution is 0.272. The van der Waals surface area contributed by atoms with Gasteiger partial charge in [-0.05, 0) is 30.8 Å². The third-order valence-corrected chi connectivity index (χ3v) is 4.78. The van der Waals surface area contributed by atoms with Crippen LogP contribution in [0.25, 0.3) is 0 Å². The van der Waals surface area contributed by atoms with Gasteiger partial charge in [0.2, 0.25) is 0 Å². The van der Waals surface area contributed by atoms with Crippen molar-refractivity contribution in [1.82, 2.24) is 0 Å². The summed E-state index contributed by atoms with van der Waals surface area (Å²) in [4.78, 5) is 0. The van der Waals surface area contributed by atoms with E-state index in [4.69, 9.17) is 9.44 Å². The van der Waals surface area contributed by atoms with Crippen LogP contribution in [0.4, 0.5) is 0 Å². The van der Waals surface area contributed by atoms with E-state index in [2.05, 4.69) is 4.74 Å². The lowest BCUT2D eigenvalue weighted by Gasteiger charge is -2.02. The van der Waals surface area contributed by atoms with E-state index in [1.165, 1.54) is 38.5 Å². The molecule has 1 atom stereocenters. The highest BCUT2D eigenvalue weighted by Gasteiger charge is 1.97. The van der Waals surface area contributed by atoms with Gasteiger partial charge in [-0.2, -0.15) is 17.0 Å². The smallest absolute Gasteiger partial charge is 0.286 e. The average molecular weight is 307 g/mol. The first-order valence-electron chi connectivity index (χ1n) is 6.82. The van der Waals surface area contributed by atoms with Crippen LogP contribution in [-0.2, 0) is 20.0 Å². The van der Waals surface area contributed by atoms with Crippen molar-refractivity contribution in [2.75, 3.05) is 31.0 Å². The highest BCUT2D eigenvalue weighted by atomic mass is 32.2. The molecular formula is C13H25NO3S2. The van der Waals surface area contributed by atoms with Gasteiger partial charge in [-0.1, -0.05) is 25.7 Å². The quantitative estimate of drug-likeness (QED) is 0.364. The first-order chi connectivity index (χ1) is 9.31. The number of ether oxygens (including phenoxy) is 1. The Balaban J connectivity index is 2.99. The molecule has 0 spiro atoms. The van der Waals surface area contributed by atoms with Gasteiger partial charge in [-0.15, -0.1) is 0 Å². The molecule has 0 aromatic carbocycles. The Bertz CT molecular complexity index is 257. The molecule has 0 aromatic rings. The third-order valence-electron chi connectivity index (χ3n) is 2.64. The van der Waals surface area contributed by atoms with Crippen LogP contribution in [0.1, 0.15) is 44.9 Å². The minimum atomic E-state index is -1.08.